The molecule has 0 saturated heterocycles. The SMILES string of the molecule is CCc1ccc(C(C)(C)N)cc1N=Nc1cc(C(C)(C)N)ccc1CC. The van der Waals surface area contributed by atoms with Crippen molar-refractivity contribution in [3.63, 3.8) is 0 Å². The summed E-state index contributed by atoms with van der Waals surface area (Å²) in [5.74, 6) is 0. The van der Waals surface area contributed by atoms with Gasteiger partial charge < -0.3 is 11.5 Å². The van der Waals surface area contributed by atoms with E-state index in [2.05, 4.69) is 48.3 Å². The lowest BCUT2D eigenvalue weighted by molar-refractivity contribution is 0.554. The number of rotatable bonds is 6. The van der Waals surface area contributed by atoms with E-state index in [1.807, 2.05) is 39.8 Å². The molecule has 4 heteroatoms. The minimum absolute atomic E-state index is 0.408. The lowest BCUT2D eigenvalue weighted by Gasteiger charge is -2.20. The van der Waals surface area contributed by atoms with Crippen LogP contribution in [0, 0.1) is 0 Å². The molecule has 0 radical (unpaired) electrons. The predicted octanol–water partition coefficient (Wildman–Crippen LogP) is 5.61. The van der Waals surface area contributed by atoms with Crippen molar-refractivity contribution in [3.8, 4) is 0 Å². The van der Waals surface area contributed by atoms with Gasteiger partial charge in [-0.25, -0.2) is 0 Å². The first-order valence-corrected chi connectivity index (χ1v) is 9.32. The van der Waals surface area contributed by atoms with E-state index in [9.17, 15) is 0 Å². The van der Waals surface area contributed by atoms with E-state index >= 15 is 0 Å². The number of azo groups is 1. The van der Waals surface area contributed by atoms with Crippen molar-refractivity contribution < 1.29 is 0 Å². The van der Waals surface area contributed by atoms with Gasteiger partial charge in [-0.15, -0.1) is 0 Å². The van der Waals surface area contributed by atoms with Crippen LogP contribution in [-0.4, -0.2) is 0 Å². The fourth-order valence-corrected chi connectivity index (χ4v) is 2.82. The fraction of sp³-hybridized carbons (Fsp3) is 0.455. The molecule has 0 amide bonds. The third kappa shape index (κ3) is 4.77. The van der Waals surface area contributed by atoms with Gasteiger partial charge in [-0.1, -0.05) is 38.1 Å². The van der Waals surface area contributed by atoms with Gasteiger partial charge in [0.2, 0.25) is 0 Å². The van der Waals surface area contributed by atoms with Crippen LogP contribution in [0.5, 0.6) is 0 Å². The summed E-state index contributed by atoms with van der Waals surface area (Å²) in [5, 5.41) is 9.16. The highest BCUT2D eigenvalue weighted by atomic mass is 15.1. The van der Waals surface area contributed by atoms with E-state index in [1.165, 1.54) is 0 Å². The first-order chi connectivity index (χ1) is 12.1. The van der Waals surface area contributed by atoms with Crippen LogP contribution < -0.4 is 11.5 Å². The molecule has 140 valence electrons. The van der Waals surface area contributed by atoms with Crippen molar-refractivity contribution in [2.75, 3.05) is 0 Å². The van der Waals surface area contributed by atoms with Crippen molar-refractivity contribution in [1.29, 1.82) is 0 Å². The molecule has 0 aliphatic heterocycles. The second-order valence-corrected chi connectivity index (χ2v) is 8.04. The molecule has 2 aromatic carbocycles. The van der Waals surface area contributed by atoms with Gasteiger partial charge in [-0.05, 0) is 74.9 Å². The third-order valence-corrected chi connectivity index (χ3v) is 4.69. The van der Waals surface area contributed by atoms with E-state index in [0.29, 0.717) is 0 Å². The number of hydrogen-bond donors (Lipinski definition) is 2. The van der Waals surface area contributed by atoms with Crippen LogP contribution >= 0.6 is 0 Å². The molecule has 26 heavy (non-hydrogen) atoms. The van der Waals surface area contributed by atoms with Crippen LogP contribution in [0.1, 0.15) is 63.8 Å². The molecule has 0 unspecified atom stereocenters. The minimum atomic E-state index is -0.408. The summed E-state index contributed by atoms with van der Waals surface area (Å²) in [6, 6.07) is 12.4. The molecule has 0 heterocycles. The number of benzene rings is 2. The van der Waals surface area contributed by atoms with Gasteiger partial charge in [-0.2, -0.15) is 10.2 Å². The molecular formula is C22H32N4. The van der Waals surface area contributed by atoms with Crippen molar-refractivity contribution in [1.82, 2.24) is 0 Å². The van der Waals surface area contributed by atoms with Crippen molar-refractivity contribution in [2.24, 2.45) is 21.7 Å². The predicted molar refractivity (Wildman–Crippen MR) is 110 cm³/mol. The van der Waals surface area contributed by atoms with E-state index in [4.69, 9.17) is 11.5 Å². The Bertz CT molecular complexity index is 725. The zero-order valence-electron chi connectivity index (χ0n) is 16.9. The summed E-state index contributed by atoms with van der Waals surface area (Å²) < 4.78 is 0. The summed E-state index contributed by atoms with van der Waals surface area (Å²) in [4.78, 5) is 0. The highest BCUT2D eigenvalue weighted by Crippen LogP contribution is 2.31. The van der Waals surface area contributed by atoms with E-state index in [-0.39, 0.29) is 0 Å². The van der Waals surface area contributed by atoms with E-state index in [0.717, 1.165) is 46.5 Å². The molecule has 0 atom stereocenters. The fourth-order valence-electron chi connectivity index (χ4n) is 2.82. The number of nitrogens with two attached hydrogens (primary N) is 2. The maximum atomic E-state index is 6.25. The maximum Gasteiger partial charge on any atom is 0.0892 e. The summed E-state index contributed by atoms with van der Waals surface area (Å²) in [6.07, 6.45) is 1.80. The summed E-state index contributed by atoms with van der Waals surface area (Å²) in [7, 11) is 0. The molecule has 0 aromatic heterocycles. The molecule has 4 nitrogen and oxygen atoms in total. The van der Waals surface area contributed by atoms with Crippen molar-refractivity contribution >= 4 is 11.4 Å². The topological polar surface area (TPSA) is 76.8 Å². The highest BCUT2D eigenvalue weighted by molar-refractivity contribution is 5.53. The maximum absolute atomic E-state index is 6.25. The van der Waals surface area contributed by atoms with Gasteiger partial charge in [0.25, 0.3) is 0 Å². The number of aryl methyl sites for hydroxylation is 2. The Balaban J connectivity index is 2.49. The molecule has 0 aliphatic rings. The first-order valence-electron chi connectivity index (χ1n) is 9.32. The second kappa shape index (κ2) is 7.68. The Morgan fingerprint density at radius 2 is 1.04 bits per heavy atom. The minimum Gasteiger partial charge on any atom is -0.322 e. The molecule has 2 rings (SSSR count). The van der Waals surface area contributed by atoms with Gasteiger partial charge in [-0.3, -0.25) is 0 Å². The largest absolute Gasteiger partial charge is 0.322 e. The van der Waals surface area contributed by atoms with Crippen LogP contribution in [0.4, 0.5) is 11.4 Å². The molecule has 0 saturated carbocycles. The molecule has 0 bridgehead atoms. The molecule has 4 N–H and O–H groups in total. The Morgan fingerprint density at radius 3 is 1.31 bits per heavy atom. The average Bonchev–Trinajstić information content (AvgIpc) is 2.57. The standard InChI is InChI=1S/C22H32N4/c1-7-15-9-11-17(21(3,4)23)13-19(15)25-26-20-14-18(22(5,6)24)12-10-16(20)8-2/h9-14H,7-8,23-24H2,1-6H3. The summed E-state index contributed by atoms with van der Waals surface area (Å²) in [6.45, 7) is 12.2. The Labute approximate surface area is 157 Å². The molecular weight excluding hydrogens is 320 g/mol. The third-order valence-electron chi connectivity index (χ3n) is 4.69. The smallest absolute Gasteiger partial charge is 0.0892 e. The molecule has 2 aromatic rings. The van der Waals surface area contributed by atoms with Crippen LogP contribution in [-0.2, 0) is 23.9 Å². The average molecular weight is 353 g/mol. The van der Waals surface area contributed by atoms with Gasteiger partial charge in [0.15, 0.2) is 0 Å². The van der Waals surface area contributed by atoms with Crippen LogP contribution in [0.3, 0.4) is 0 Å². The van der Waals surface area contributed by atoms with Crippen LogP contribution in [0.2, 0.25) is 0 Å². The van der Waals surface area contributed by atoms with Crippen molar-refractivity contribution in [3.05, 3.63) is 58.7 Å². The van der Waals surface area contributed by atoms with Crippen LogP contribution in [0.15, 0.2) is 46.6 Å². The lowest BCUT2D eigenvalue weighted by Crippen LogP contribution is -2.28. The van der Waals surface area contributed by atoms with Gasteiger partial charge in [0.05, 0.1) is 11.4 Å². The van der Waals surface area contributed by atoms with Gasteiger partial charge in [0.1, 0.15) is 0 Å². The first kappa shape index (κ1) is 20.3. The molecule has 0 aliphatic carbocycles. The van der Waals surface area contributed by atoms with Crippen LogP contribution in [0.25, 0.3) is 0 Å². The zero-order valence-corrected chi connectivity index (χ0v) is 16.9. The number of hydrogen-bond acceptors (Lipinski definition) is 4. The highest BCUT2D eigenvalue weighted by Gasteiger charge is 2.17. The monoisotopic (exact) mass is 352 g/mol. The Hall–Kier alpha value is -2.04. The quantitative estimate of drug-likeness (QED) is 0.662. The second-order valence-electron chi connectivity index (χ2n) is 8.04. The summed E-state index contributed by atoms with van der Waals surface area (Å²) >= 11 is 0. The van der Waals surface area contributed by atoms with E-state index in [1.54, 1.807) is 0 Å². The normalized spacial score (nSPS) is 12.8. The summed E-state index contributed by atoms with van der Waals surface area (Å²) in [5.41, 5.74) is 17.9. The lowest BCUT2D eigenvalue weighted by atomic mass is 9.93. The van der Waals surface area contributed by atoms with Gasteiger partial charge >= 0.3 is 0 Å². The van der Waals surface area contributed by atoms with E-state index < -0.39 is 11.1 Å². The Morgan fingerprint density at radius 1 is 0.692 bits per heavy atom. The van der Waals surface area contributed by atoms with Crippen molar-refractivity contribution in [2.45, 2.75) is 65.5 Å². The zero-order chi connectivity index (χ0) is 19.5. The van der Waals surface area contributed by atoms with Gasteiger partial charge in [0, 0.05) is 11.1 Å². The Kier molecular flexibility index (Phi) is 5.99. The molecule has 0 fully saturated rings. The number of nitrogens with zero attached hydrogens (tertiary/aromatic N) is 2. The molecule has 0 spiro atoms.